The molecule has 6 nitrogen and oxygen atoms in total. The average Bonchev–Trinajstić information content (AvgIpc) is 3.02. The van der Waals surface area contributed by atoms with Crippen molar-refractivity contribution in [1.29, 1.82) is 0 Å². The van der Waals surface area contributed by atoms with Gasteiger partial charge < -0.3 is 15.6 Å². The van der Waals surface area contributed by atoms with Crippen molar-refractivity contribution < 1.29 is 22.8 Å². The van der Waals surface area contributed by atoms with Gasteiger partial charge >= 0.3 is 6.18 Å². The van der Waals surface area contributed by atoms with Crippen LogP contribution in [0.15, 0.2) is 24.3 Å². The van der Waals surface area contributed by atoms with Crippen molar-refractivity contribution in [2.45, 2.75) is 32.0 Å². The molecule has 2 heterocycles. The molecular weight excluding hydrogens is 349 g/mol. The Bertz CT molecular complexity index is 828. The third-order valence-electron chi connectivity index (χ3n) is 4.25. The Labute approximate surface area is 147 Å². The van der Waals surface area contributed by atoms with E-state index in [9.17, 15) is 22.8 Å². The molecule has 9 heteroatoms. The fourth-order valence-electron chi connectivity index (χ4n) is 2.84. The maximum Gasteiger partial charge on any atom is 0.389 e. The van der Waals surface area contributed by atoms with E-state index < -0.39 is 30.8 Å². The summed E-state index contributed by atoms with van der Waals surface area (Å²) in [7, 11) is 0. The summed E-state index contributed by atoms with van der Waals surface area (Å²) in [6, 6.07) is 6.59. The van der Waals surface area contributed by atoms with Gasteiger partial charge in [0.2, 0.25) is 11.8 Å². The van der Waals surface area contributed by atoms with E-state index in [2.05, 4.69) is 9.97 Å². The number of carbonyl (C=O) groups excluding carboxylic acids is 2. The van der Waals surface area contributed by atoms with Crippen molar-refractivity contribution >= 4 is 11.8 Å². The van der Waals surface area contributed by atoms with Crippen LogP contribution in [0.2, 0.25) is 0 Å². The highest BCUT2D eigenvalue weighted by Gasteiger charge is 2.30. The Kier molecular flexibility index (Phi) is 4.71. The Morgan fingerprint density at radius 2 is 1.92 bits per heavy atom. The molecule has 0 fully saturated rings. The summed E-state index contributed by atoms with van der Waals surface area (Å²) < 4.78 is 36.8. The molecule has 138 valence electrons. The summed E-state index contributed by atoms with van der Waals surface area (Å²) in [6.07, 6.45) is -5.53. The molecule has 0 atom stereocenters. The number of carbonyl (C=O) groups is 2. The summed E-state index contributed by atoms with van der Waals surface area (Å²) in [5.74, 6) is -0.464. The number of benzene rings is 1. The lowest BCUT2D eigenvalue weighted by Crippen LogP contribution is -2.36. The smallest absolute Gasteiger partial charge is 0.366 e. The van der Waals surface area contributed by atoms with Gasteiger partial charge in [-0.05, 0) is 12.1 Å². The van der Waals surface area contributed by atoms with Gasteiger partial charge in [-0.2, -0.15) is 13.2 Å². The molecule has 0 aliphatic carbocycles. The van der Waals surface area contributed by atoms with Crippen molar-refractivity contribution in [2.24, 2.45) is 5.73 Å². The average molecular weight is 366 g/mol. The Morgan fingerprint density at radius 3 is 2.54 bits per heavy atom. The molecular formula is C17H17F3N4O2. The number of H-pyrrole nitrogens is 1. The van der Waals surface area contributed by atoms with Crippen molar-refractivity contribution in [1.82, 2.24) is 14.9 Å². The van der Waals surface area contributed by atoms with E-state index in [1.54, 1.807) is 24.3 Å². The lowest BCUT2D eigenvalue weighted by atomic mass is 10.1. The normalized spacial score (nSPS) is 14.2. The van der Waals surface area contributed by atoms with Crippen LogP contribution in [0.4, 0.5) is 13.2 Å². The maximum absolute atomic E-state index is 12.3. The summed E-state index contributed by atoms with van der Waals surface area (Å²) in [4.78, 5) is 32.1. The second kappa shape index (κ2) is 6.81. The minimum absolute atomic E-state index is 0.207. The van der Waals surface area contributed by atoms with Crippen molar-refractivity contribution in [3.05, 3.63) is 41.2 Å². The molecule has 2 amide bonds. The zero-order chi connectivity index (χ0) is 18.9. The summed E-state index contributed by atoms with van der Waals surface area (Å²) >= 11 is 0. The van der Waals surface area contributed by atoms with Crippen molar-refractivity contribution in [2.75, 3.05) is 6.54 Å². The van der Waals surface area contributed by atoms with E-state index >= 15 is 0 Å². The molecule has 3 N–H and O–H groups in total. The number of hydrogen-bond acceptors (Lipinski definition) is 3. The van der Waals surface area contributed by atoms with E-state index in [1.165, 1.54) is 4.90 Å². The highest BCUT2D eigenvalue weighted by Crippen LogP contribution is 2.25. The monoisotopic (exact) mass is 366 g/mol. The Balaban J connectivity index is 1.70. The minimum Gasteiger partial charge on any atom is -0.366 e. The van der Waals surface area contributed by atoms with E-state index in [-0.39, 0.29) is 6.54 Å². The number of fused-ring (bicyclic) bond motifs is 1. The van der Waals surface area contributed by atoms with Crippen LogP contribution >= 0.6 is 0 Å². The molecule has 3 rings (SSSR count). The first-order valence-corrected chi connectivity index (χ1v) is 8.05. The van der Waals surface area contributed by atoms with Crippen LogP contribution in [0, 0.1) is 0 Å². The molecule has 2 aromatic rings. The standard InChI is InChI=1S/C17H17F3N4O2/c18-17(19,20)7-5-14(25)24-8-6-12-13(9-24)23-16(22-12)11-3-1-10(2-4-11)15(21)26/h1-4H,5-9H2,(H2,21,26)(H,22,23). The number of nitrogens with one attached hydrogen (secondary N) is 1. The number of amides is 2. The number of nitrogens with zero attached hydrogens (tertiary/aromatic N) is 2. The molecule has 0 spiro atoms. The second-order valence-corrected chi connectivity index (χ2v) is 6.13. The zero-order valence-corrected chi connectivity index (χ0v) is 13.8. The van der Waals surface area contributed by atoms with Crippen LogP contribution in [0.1, 0.15) is 34.6 Å². The first-order chi connectivity index (χ1) is 12.2. The van der Waals surface area contributed by atoms with E-state index in [1.807, 2.05) is 0 Å². The fourth-order valence-corrected chi connectivity index (χ4v) is 2.84. The van der Waals surface area contributed by atoms with Gasteiger partial charge in [-0.15, -0.1) is 0 Å². The molecule has 1 aromatic carbocycles. The number of rotatable bonds is 4. The summed E-state index contributed by atoms with van der Waals surface area (Å²) in [5.41, 5.74) is 7.84. The third-order valence-corrected chi connectivity index (χ3v) is 4.25. The first kappa shape index (κ1) is 18.0. The molecule has 1 aliphatic heterocycles. The van der Waals surface area contributed by atoms with Gasteiger partial charge in [0.25, 0.3) is 0 Å². The van der Waals surface area contributed by atoms with Crippen LogP contribution in [0.3, 0.4) is 0 Å². The summed E-state index contributed by atoms with van der Waals surface area (Å²) in [6.45, 7) is 0.549. The largest absolute Gasteiger partial charge is 0.389 e. The van der Waals surface area contributed by atoms with Gasteiger partial charge in [-0.3, -0.25) is 9.59 Å². The van der Waals surface area contributed by atoms with Crippen LogP contribution < -0.4 is 5.73 Å². The lowest BCUT2D eigenvalue weighted by molar-refractivity contribution is -0.149. The quantitative estimate of drug-likeness (QED) is 0.870. The number of nitrogens with two attached hydrogens (primary N) is 1. The van der Waals surface area contributed by atoms with Crippen LogP contribution in [0.25, 0.3) is 11.4 Å². The predicted molar refractivity (Wildman–Crippen MR) is 87.0 cm³/mol. The zero-order valence-electron chi connectivity index (χ0n) is 13.8. The molecule has 0 radical (unpaired) electrons. The number of alkyl halides is 3. The number of imidazole rings is 1. The number of aromatic amines is 1. The molecule has 1 aromatic heterocycles. The summed E-state index contributed by atoms with van der Waals surface area (Å²) in [5, 5.41) is 0. The number of primary amides is 1. The van der Waals surface area contributed by atoms with E-state index in [4.69, 9.17) is 5.73 Å². The van der Waals surface area contributed by atoms with Gasteiger partial charge in [-0.1, -0.05) is 12.1 Å². The van der Waals surface area contributed by atoms with Crippen LogP contribution in [-0.2, 0) is 17.8 Å². The van der Waals surface area contributed by atoms with Crippen LogP contribution in [-0.4, -0.2) is 39.4 Å². The first-order valence-electron chi connectivity index (χ1n) is 8.05. The van der Waals surface area contributed by atoms with Gasteiger partial charge in [-0.25, -0.2) is 4.98 Å². The van der Waals surface area contributed by atoms with Gasteiger partial charge in [0, 0.05) is 30.5 Å². The topological polar surface area (TPSA) is 92.1 Å². The lowest BCUT2D eigenvalue weighted by Gasteiger charge is -2.26. The van der Waals surface area contributed by atoms with Gasteiger partial charge in [0.05, 0.1) is 24.4 Å². The molecule has 1 aliphatic rings. The third kappa shape index (κ3) is 4.04. The predicted octanol–water partition coefficient (Wildman–Crippen LogP) is 2.40. The second-order valence-electron chi connectivity index (χ2n) is 6.13. The SMILES string of the molecule is NC(=O)c1ccc(-c2nc3c([nH]2)CN(C(=O)CCC(F)(F)F)CC3)cc1. The van der Waals surface area contributed by atoms with Crippen molar-refractivity contribution in [3.63, 3.8) is 0 Å². The van der Waals surface area contributed by atoms with E-state index in [0.29, 0.717) is 30.0 Å². The number of hydrogen-bond donors (Lipinski definition) is 2. The number of aromatic nitrogens is 2. The molecule has 0 saturated carbocycles. The molecule has 0 bridgehead atoms. The Morgan fingerprint density at radius 1 is 1.23 bits per heavy atom. The molecule has 0 unspecified atom stereocenters. The van der Waals surface area contributed by atoms with Gasteiger partial charge in [0.1, 0.15) is 5.82 Å². The maximum atomic E-state index is 12.3. The van der Waals surface area contributed by atoms with Gasteiger partial charge in [0.15, 0.2) is 0 Å². The minimum atomic E-state index is -4.34. The fraction of sp³-hybridized carbons (Fsp3) is 0.353. The highest BCUT2D eigenvalue weighted by atomic mass is 19.4. The highest BCUT2D eigenvalue weighted by molar-refractivity contribution is 5.93. The molecule has 26 heavy (non-hydrogen) atoms. The Hall–Kier alpha value is -2.84. The van der Waals surface area contributed by atoms with Crippen molar-refractivity contribution in [3.8, 4) is 11.4 Å². The van der Waals surface area contributed by atoms with E-state index in [0.717, 1.165) is 11.3 Å². The molecule has 0 saturated heterocycles. The van der Waals surface area contributed by atoms with Crippen LogP contribution in [0.5, 0.6) is 0 Å². The number of halogens is 3.